The second-order valence-corrected chi connectivity index (χ2v) is 13.7. The van der Waals surface area contributed by atoms with Gasteiger partial charge >= 0.3 is 5.97 Å². The summed E-state index contributed by atoms with van der Waals surface area (Å²) in [5, 5.41) is 0. The number of hydrogen-bond donors (Lipinski definition) is 0. The molecular weight excluding hydrogens is 569 g/mol. The molecule has 0 radical (unpaired) electrons. The first-order chi connectivity index (χ1) is 19.5. The molecule has 0 saturated carbocycles. The Morgan fingerprint density at radius 2 is 1.15 bits per heavy atom. The van der Waals surface area contributed by atoms with E-state index >= 15 is 0 Å². The maximum Gasteiger partial charge on any atom is 0.343 e. The van der Waals surface area contributed by atoms with Gasteiger partial charge in [0, 0.05) is 55.9 Å². The molecule has 0 amide bonds. The van der Waals surface area contributed by atoms with Crippen molar-refractivity contribution in [3.8, 4) is 16.9 Å². The van der Waals surface area contributed by atoms with Crippen molar-refractivity contribution in [2.75, 3.05) is 0 Å². The normalized spacial score (nSPS) is 12.9. The van der Waals surface area contributed by atoms with Gasteiger partial charge in [0.25, 0.3) is 0 Å². The third-order valence-corrected chi connectivity index (χ3v) is 11.9. The molecule has 7 rings (SSSR count). The summed E-state index contributed by atoms with van der Waals surface area (Å²) in [7, 11) is 0. The number of aryl methyl sites for hydroxylation is 1. The molecule has 0 aliphatic carbocycles. The largest absolute Gasteiger partial charge is 0.422 e. The molecule has 6 heteroatoms. The van der Waals surface area contributed by atoms with Crippen molar-refractivity contribution >= 4 is 58.6 Å². The molecule has 2 nitrogen and oxygen atoms in total. The average molecular weight is 591 g/mol. The zero-order valence-corrected chi connectivity index (χ0v) is 24.7. The highest BCUT2D eigenvalue weighted by Gasteiger charge is 2.26. The number of hydrogen-bond acceptors (Lipinski definition) is 6. The Labute approximate surface area is 250 Å². The van der Waals surface area contributed by atoms with Gasteiger partial charge in [0.05, 0.1) is 5.57 Å². The molecule has 0 fully saturated rings. The molecule has 0 aromatic heterocycles. The molecule has 0 atom stereocenters. The highest BCUT2D eigenvalue weighted by atomic mass is 32.2. The van der Waals surface area contributed by atoms with Crippen molar-refractivity contribution < 1.29 is 9.53 Å². The van der Waals surface area contributed by atoms with Crippen LogP contribution in [0.1, 0.15) is 11.1 Å². The number of carbonyl (C=O) groups excluding carboxylic acids is 1. The van der Waals surface area contributed by atoms with Gasteiger partial charge in [-0.1, -0.05) is 114 Å². The van der Waals surface area contributed by atoms with Gasteiger partial charge in [-0.3, -0.25) is 0 Å². The summed E-state index contributed by atoms with van der Waals surface area (Å²) in [6.45, 7) is 6.25. The van der Waals surface area contributed by atoms with Gasteiger partial charge in [0.2, 0.25) is 0 Å². The van der Waals surface area contributed by atoms with Crippen LogP contribution in [0.15, 0.2) is 149 Å². The Morgan fingerprint density at radius 3 is 1.82 bits per heavy atom. The van der Waals surface area contributed by atoms with Gasteiger partial charge < -0.3 is 4.74 Å². The van der Waals surface area contributed by atoms with Crippen LogP contribution in [0, 0.1) is 6.92 Å². The molecule has 0 spiro atoms. The van der Waals surface area contributed by atoms with Crippen molar-refractivity contribution in [2.45, 2.75) is 46.1 Å². The van der Waals surface area contributed by atoms with Crippen molar-refractivity contribution in [3.63, 3.8) is 0 Å². The predicted molar refractivity (Wildman–Crippen MR) is 167 cm³/mol. The van der Waals surface area contributed by atoms with Gasteiger partial charge in [0.1, 0.15) is 5.75 Å². The van der Waals surface area contributed by atoms with E-state index in [1.165, 1.54) is 29.4 Å². The molecule has 194 valence electrons. The van der Waals surface area contributed by atoms with Crippen molar-refractivity contribution in [3.05, 3.63) is 121 Å². The van der Waals surface area contributed by atoms with E-state index in [4.69, 9.17) is 4.74 Å². The first-order valence-electron chi connectivity index (χ1n) is 12.7. The third-order valence-electron chi connectivity index (χ3n) is 6.72. The fourth-order valence-electron chi connectivity index (χ4n) is 4.76. The maximum atomic E-state index is 13.6. The summed E-state index contributed by atoms with van der Waals surface area (Å²) in [6.07, 6.45) is 0. The van der Waals surface area contributed by atoms with Crippen molar-refractivity contribution in [1.29, 1.82) is 0 Å². The molecule has 2 heterocycles. The van der Waals surface area contributed by atoms with Crippen LogP contribution in [-0.2, 0) is 4.79 Å². The average Bonchev–Trinajstić information content (AvgIpc) is 2.99. The van der Waals surface area contributed by atoms with E-state index in [-0.39, 0.29) is 0 Å². The molecule has 0 unspecified atom stereocenters. The van der Waals surface area contributed by atoms with Crippen molar-refractivity contribution in [1.82, 2.24) is 0 Å². The quantitative estimate of drug-likeness (QED) is 0.115. The Hall–Kier alpha value is -3.29. The lowest BCUT2D eigenvalue weighted by atomic mass is 10.0. The standard InChI is InChI=1S/C34H22O2S4/c1-20-17-18-25(24(19-20)23-10-8-16-31-33(23)40-29-14-6-4-12-27(29)38-31)36-34(35)21(2)22-9-7-15-30-32(22)39-28-13-5-3-11-26(28)37-30/h3-19H,2H2,1H3. The summed E-state index contributed by atoms with van der Waals surface area (Å²) in [5.41, 5.74) is 4.22. The summed E-state index contributed by atoms with van der Waals surface area (Å²) in [4.78, 5) is 23.1. The number of ether oxygens (including phenoxy) is 1. The van der Waals surface area contributed by atoms with Crippen LogP contribution >= 0.6 is 47.0 Å². The van der Waals surface area contributed by atoms with Gasteiger partial charge in [-0.2, -0.15) is 0 Å². The van der Waals surface area contributed by atoms with Crippen molar-refractivity contribution in [2.24, 2.45) is 0 Å². The molecule has 0 N–H and O–H groups in total. The maximum absolute atomic E-state index is 13.6. The Balaban J connectivity index is 1.22. The number of benzene rings is 5. The highest BCUT2D eigenvalue weighted by molar-refractivity contribution is 8.05. The van der Waals surface area contributed by atoms with Crippen LogP contribution in [0.25, 0.3) is 16.7 Å². The highest BCUT2D eigenvalue weighted by Crippen LogP contribution is 2.53. The van der Waals surface area contributed by atoms with E-state index < -0.39 is 5.97 Å². The Kier molecular flexibility index (Phi) is 6.80. The predicted octanol–water partition coefficient (Wildman–Crippen LogP) is 10.5. The first kappa shape index (κ1) is 25.7. The zero-order valence-electron chi connectivity index (χ0n) is 21.5. The molecule has 0 saturated heterocycles. The third kappa shape index (κ3) is 4.69. The monoisotopic (exact) mass is 590 g/mol. The molecule has 5 aromatic carbocycles. The van der Waals surface area contributed by atoms with E-state index in [2.05, 4.69) is 86.3 Å². The minimum Gasteiger partial charge on any atom is -0.422 e. The second-order valence-electron chi connectivity index (χ2n) is 9.44. The van der Waals surface area contributed by atoms with Crippen LogP contribution in [0.2, 0.25) is 0 Å². The van der Waals surface area contributed by atoms with E-state index in [0.717, 1.165) is 32.0 Å². The van der Waals surface area contributed by atoms with E-state index in [1.807, 2.05) is 30.3 Å². The van der Waals surface area contributed by atoms with E-state index in [9.17, 15) is 4.79 Å². The lowest BCUT2D eigenvalue weighted by molar-refractivity contribution is -0.127. The van der Waals surface area contributed by atoms with Crippen LogP contribution in [0.4, 0.5) is 0 Å². The Morgan fingerprint density at radius 1 is 0.600 bits per heavy atom. The van der Waals surface area contributed by atoms with Gasteiger partial charge in [0.15, 0.2) is 0 Å². The van der Waals surface area contributed by atoms with Gasteiger partial charge in [-0.05, 0) is 55.5 Å². The van der Waals surface area contributed by atoms with Crippen LogP contribution in [-0.4, -0.2) is 5.97 Å². The summed E-state index contributed by atoms with van der Waals surface area (Å²) < 4.78 is 6.12. The number of esters is 1. The molecule has 5 aromatic rings. The number of carbonyl (C=O) groups is 1. The molecule has 2 aliphatic rings. The number of rotatable bonds is 4. The minimum absolute atomic E-state index is 0.352. The summed E-state index contributed by atoms with van der Waals surface area (Å²) in [6, 6.07) is 35.1. The topological polar surface area (TPSA) is 26.3 Å². The molecule has 0 bridgehead atoms. The molecule has 40 heavy (non-hydrogen) atoms. The number of fused-ring (bicyclic) bond motifs is 4. The smallest absolute Gasteiger partial charge is 0.343 e. The van der Waals surface area contributed by atoms with Crippen LogP contribution in [0.5, 0.6) is 5.75 Å². The molecular formula is C34H22O2S4. The second kappa shape index (κ2) is 10.6. The van der Waals surface area contributed by atoms with E-state index in [0.29, 0.717) is 11.3 Å². The van der Waals surface area contributed by atoms with E-state index in [1.54, 1.807) is 47.0 Å². The minimum atomic E-state index is -0.444. The van der Waals surface area contributed by atoms with Gasteiger partial charge in [-0.15, -0.1) is 0 Å². The molecule has 2 aliphatic heterocycles. The van der Waals surface area contributed by atoms with Crippen LogP contribution in [0.3, 0.4) is 0 Å². The van der Waals surface area contributed by atoms with Gasteiger partial charge in [-0.25, -0.2) is 4.79 Å². The zero-order chi connectivity index (χ0) is 27.2. The van der Waals surface area contributed by atoms with Crippen LogP contribution < -0.4 is 4.74 Å². The Bertz CT molecular complexity index is 1840. The SMILES string of the molecule is C=C(C(=O)Oc1ccc(C)cc1-c1cccc2c1Sc1ccccc1S2)c1cccc2c1Sc1ccccc1S2. The first-order valence-corrected chi connectivity index (χ1v) is 16.0. The lowest BCUT2D eigenvalue weighted by Gasteiger charge is -2.22. The summed E-state index contributed by atoms with van der Waals surface area (Å²) >= 11 is 6.94. The summed E-state index contributed by atoms with van der Waals surface area (Å²) in [5.74, 6) is 0.0897. The lowest BCUT2D eigenvalue weighted by Crippen LogP contribution is -2.11. The fourth-order valence-corrected chi connectivity index (χ4v) is 9.56. The fraction of sp³-hybridized carbons (Fsp3) is 0.0294.